The quantitative estimate of drug-likeness (QED) is 0.513. The summed E-state index contributed by atoms with van der Waals surface area (Å²) in [5, 5.41) is 35.4. The molecular weight excluding hydrogens is 240 g/mol. The van der Waals surface area contributed by atoms with E-state index in [4.69, 9.17) is 9.84 Å². The summed E-state index contributed by atoms with van der Waals surface area (Å²) in [5.41, 5.74) is 1.54. The molecule has 1 saturated heterocycles. The number of aromatic amines is 1. The summed E-state index contributed by atoms with van der Waals surface area (Å²) in [7, 11) is 0. The molecule has 2 aromatic heterocycles. The first-order valence-electron chi connectivity index (χ1n) is 5.49. The molecule has 0 spiro atoms. The number of nitrogens with zero attached hydrogens (tertiary/aromatic N) is 3. The third-order valence-electron chi connectivity index (χ3n) is 3.07. The second-order valence-electron chi connectivity index (χ2n) is 4.15. The van der Waals surface area contributed by atoms with Crippen molar-refractivity contribution in [1.29, 1.82) is 0 Å². The molecule has 0 aromatic carbocycles. The van der Waals surface area contributed by atoms with Crippen LogP contribution in [0.1, 0.15) is 11.8 Å². The van der Waals surface area contributed by atoms with E-state index in [-0.39, 0.29) is 6.61 Å². The van der Waals surface area contributed by atoms with Crippen LogP contribution in [0.3, 0.4) is 0 Å². The van der Waals surface area contributed by atoms with E-state index in [1.165, 1.54) is 12.5 Å². The van der Waals surface area contributed by atoms with E-state index in [9.17, 15) is 10.2 Å². The summed E-state index contributed by atoms with van der Waals surface area (Å²) in [4.78, 5) is 7.89. The predicted molar refractivity (Wildman–Crippen MR) is 58.4 cm³/mol. The first-order valence-corrected chi connectivity index (χ1v) is 5.49. The number of hydrogen-bond acceptors (Lipinski definition) is 7. The highest BCUT2D eigenvalue weighted by Gasteiger charge is 2.44. The molecule has 4 atom stereocenters. The Labute approximate surface area is 101 Å². The van der Waals surface area contributed by atoms with Crippen molar-refractivity contribution < 1.29 is 20.1 Å². The van der Waals surface area contributed by atoms with Crippen molar-refractivity contribution in [3.63, 3.8) is 0 Å². The van der Waals surface area contributed by atoms with Gasteiger partial charge in [-0.15, -0.1) is 0 Å². The summed E-state index contributed by atoms with van der Waals surface area (Å²) >= 11 is 0. The molecule has 0 aliphatic carbocycles. The average Bonchev–Trinajstić information content (AvgIpc) is 2.93. The molecule has 18 heavy (non-hydrogen) atoms. The Morgan fingerprint density at radius 1 is 1.33 bits per heavy atom. The number of aliphatic hydroxyl groups excluding tert-OH is 3. The highest BCUT2D eigenvalue weighted by molar-refractivity contribution is 5.75. The molecule has 8 nitrogen and oxygen atoms in total. The molecule has 0 radical (unpaired) electrons. The third kappa shape index (κ3) is 1.58. The number of ether oxygens (including phenoxy) is 1. The van der Waals surface area contributed by atoms with Crippen molar-refractivity contribution >= 4 is 11.0 Å². The molecule has 4 N–H and O–H groups in total. The lowest BCUT2D eigenvalue weighted by Gasteiger charge is -2.12. The van der Waals surface area contributed by atoms with Crippen LogP contribution in [0.15, 0.2) is 12.5 Å². The van der Waals surface area contributed by atoms with Gasteiger partial charge in [0.1, 0.15) is 41.8 Å². The number of hydrogen-bond donors (Lipinski definition) is 4. The molecule has 1 aliphatic rings. The molecule has 96 valence electrons. The lowest BCUT2D eigenvalue weighted by Crippen LogP contribution is -2.32. The summed E-state index contributed by atoms with van der Waals surface area (Å²) in [6.45, 7) is -0.365. The van der Waals surface area contributed by atoms with E-state index in [1.807, 2.05) is 0 Å². The zero-order chi connectivity index (χ0) is 12.7. The zero-order valence-electron chi connectivity index (χ0n) is 9.26. The SMILES string of the molecule is OCC1OC(c2[nH]nc3cncnc23)C(O)C1O. The van der Waals surface area contributed by atoms with Gasteiger partial charge in [-0.3, -0.25) is 5.10 Å². The van der Waals surface area contributed by atoms with Crippen molar-refractivity contribution in [2.75, 3.05) is 6.61 Å². The van der Waals surface area contributed by atoms with Crippen LogP contribution in [-0.2, 0) is 4.74 Å². The number of H-pyrrole nitrogens is 1. The van der Waals surface area contributed by atoms with E-state index in [1.54, 1.807) is 0 Å². The topological polar surface area (TPSA) is 124 Å². The van der Waals surface area contributed by atoms with Crippen molar-refractivity contribution in [2.45, 2.75) is 24.4 Å². The molecule has 8 heteroatoms. The maximum absolute atomic E-state index is 9.91. The Morgan fingerprint density at radius 2 is 2.17 bits per heavy atom. The van der Waals surface area contributed by atoms with Crippen LogP contribution < -0.4 is 0 Å². The molecule has 3 heterocycles. The lowest BCUT2D eigenvalue weighted by atomic mass is 10.1. The number of rotatable bonds is 2. The molecule has 0 saturated carbocycles. The molecular formula is C10H12N4O4. The van der Waals surface area contributed by atoms with Crippen molar-refractivity contribution in [2.24, 2.45) is 0 Å². The van der Waals surface area contributed by atoms with Gasteiger partial charge in [-0.25, -0.2) is 9.97 Å². The van der Waals surface area contributed by atoms with Gasteiger partial charge in [0, 0.05) is 0 Å². The van der Waals surface area contributed by atoms with E-state index in [2.05, 4.69) is 20.2 Å². The Balaban J connectivity index is 2.00. The Hall–Kier alpha value is -1.61. The zero-order valence-corrected chi connectivity index (χ0v) is 9.26. The highest BCUT2D eigenvalue weighted by Crippen LogP contribution is 2.34. The van der Waals surface area contributed by atoms with Crippen molar-refractivity contribution in [1.82, 2.24) is 20.2 Å². The Kier molecular flexibility index (Phi) is 2.71. The van der Waals surface area contributed by atoms with Crippen LogP contribution in [0, 0.1) is 0 Å². The third-order valence-corrected chi connectivity index (χ3v) is 3.07. The van der Waals surface area contributed by atoms with Gasteiger partial charge in [0.2, 0.25) is 0 Å². The van der Waals surface area contributed by atoms with E-state index < -0.39 is 24.4 Å². The normalized spacial score (nSPS) is 32.2. The van der Waals surface area contributed by atoms with Gasteiger partial charge in [0.15, 0.2) is 0 Å². The molecule has 0 amide bonds. The number of nitrogens with one attached hydrogen (secondary N) is 1. The molecule has 1 aliphatic heterocycles. The van der Waals surface area contributed by atoms with Gasteiger partial charge in [-0.1, -0.05) is 0 Å². The fourth-order valence-corrected chi connectivity index (χ4v) is 2.12. The molecule has 3 rings (SSSR count). The molecule has 1 fully saturated rings. The van der Waals surface area contributed by atoms with Gasteiger partial charge in [-0.2, -0.15) is 5.10 Å². The number of aliphatic hydroxyl groups is 3. The maximum atomic E-state index is 9.91. The first kappa shape index (κ1) is 11.5. The Bertz CT molecular complexity index is 560. The summed E-state index contributed by atoms with van der Waals surface area (Å²) in [6, 6.07) is 0. The maximum Gasteiger partial charge on any atom is 0.130 e. The monoisotopic (exact) mass is 252 g/mol. The fraction of sp³-hybridized carbons (Fsp3) is 0.500. The average molecular weight is 252 g/mol. The largest absolute Gasteiger partial charge is 0.394 e. The van der Waals surface area contributed by atoms with Gasteiger partial charge in [-0.05, 0) is 0 Å². The van der Waals surface area contributed by atoms with E-state index >= 15 is 0 Å². The molecule has 4 unspecified atom stereocenters. The van der Waals surface area contributed by atoms with Gasteiger partial charge in [0.25, 0.3) is 0 Å². The highest BCUT2D eigenvalue weighted by atomic mass is 16.6. The van der Waals surface area contributed by atoms with Crippen LogP contribution >= 0.6 is 0 Å². The van der Waals surface area contributed by atoms with Gasteiger partial charge in [0.05, 0.1) is 18.5 Å². The number of aromatic nitrogens is 4. The second kappa shape index (κ2) is 4.25. The summed E-state index contributed by atoms with van der Waals surface area (Å²) < 4.78 is 5.41. The van der Waals surface area contributed by atoms with Crippen molar-refractivity contribution in [3.8, 4) is 0 Å². The van der Waals surface area contributed by atoms with E-state index in [0.29, 0.717) is 16.7 Å². The number of fused-ring (bicyclic) bond motifs is 1. The van der Waals surface area contributed by atoms with Crippen LogP contribution in [0.2, 0.25) is 0 Å². The second-order valence-corrected chi connectivity index (χ2v) is 4.15. The predicted octanol–water partition coefficient (Wildman–Crippen LogP) is -1.49. The summed E-state index contributed by atoms with van der Waals surface area (Å²) in [6.07, 6.45) is -0.991. The van der Waals surface area contributed by atoms with Crippen molar-refractivity contribution in [3.05, 3.63) is 18.2 Å². The smallest absolute Gasteiger partial charge is 0.130 e. The van der Waals surface area contributed by atoms with Crippen LogP contribution in [0.4, 0.5) is 0 Å². The Morgan fingerprint density at radius 3 is 2.89 bits per heavy atom. The minimum atomic E-state index is -1.14. The standard InChI is InChI=1S/C10H12N4O4/c15-2-5-8(16)9(17)10(18-5)7-6-4(13-14-7)1-11-3-12-6/h1,3,5,8-10,15-17H,2H2,(H,13,14). The summed E-state index contributed by atoms with van der Waals surface area (Å²) in [5.74, 6) is 0. The first-order chi connectivity index (χ1) is 8.72. The minimum Gasteiger partial charge on any atom is -0.394 e. The lowest BCUT2D eigenvalue weighted by molar-refractivity contribution is -0.0236. The van der Waals surface area contributed by atoms with Gasteiger partial charge < -0.3 is 20.1 Å². The van der Waals surface area contributed by atoms with Crippen LogP contribution in [0.25, 0.3) is 11.0 Å². The molecule has 2 aromatic rings. The van der Waals surface area contributed by atoms with E-state index in [0.717, 1.165) is 0 Å². The fourth-order valence-electron chi connectivity index (χ4n) is 2.12. The molecule has 0 bridgehead atoms. The van der Waals surface area contributed by atoms with Crippen LogP contribution in [0.5, 0.6) is 0 Å². The minimum absolute atomic E-state index is 0.365. The van der Waals surface area contributed by atoms with Crippen LogP contribution in [-0.4, -0.2) is 60.4 Å². The van der Waals surface area contributed by atoms with Gasteiger partial charge >= 0.3 is 0 Å².